The van der Waals surface area contributed by atoms with Crippen LogP contribution in [0.3, 0.4) is 0 Å². The molecule has 1 aliphatic carbocycles. The molecule has 6 N–H and O–H groups in total. The van der Waals surface area contributed by atoms with Crippen LogP contribution >= 0.6 is 0 Å². The van der Waals surface area contributed by atoms with Crippen LogP contribution in [0.1, 0.15) is 179 Å². The van der Waals surface area contributed by atoms with Crippen molar-refractivity contribution in [2.75, 3.05) is 26.2 Å². The van der Waals surface area contributed by atoms with E-state index < -0.39 is 229 Å². The zero-order chi connectivity index (χ0) is 76.4. The Labute approximate surface area is 589 Å². The van der Waals surface area contributed by atoms with Crippen LogP contribution in [0.25, 0.3) is 0 Å². The van der Waals surface area contributed by atoms with Crippen molar-refractivity contribution in [1.82, 2.24) is 36.8 Å². The number of hydrogen-bond acceptors (Lipinski definition) is 28. The number of carbonyl (C=O) groups is 11. The maximum atomic E-state index is 14.7. The van der Waals surface area contributed by atoms with Gasteiger partial charge in [0.2, 0.25) is 5.91 Å². The molecule has 4 heterocycles. The van der Waals surface area contributed by atoms with Gasteiger partial charge in [0.25, 0.3) is 0 Å². The van der Waals surface area contributed by atoms with E-state index >= 15 is 0 Å². The highest BCUT2D eigenvalue weighted by atomic mass is 16.8. The fourth-order valence-corrected chi connectivity index (χ4v) is 11.5. The van der Waals surface area contributed by atoms with Crippen LogP contribution in [-0.2, 0) is 104 Å². The lowest BCUT2D eigenvalue weighted by Gasteiger charge is -2.52. The van der Waals surface area contributed by atoms with E-state index in [2.05, 4.69) is 31.9 Å². The van der Waals surface area contributed by atoms with Crippen molar-refractivity contribution in [3.05, 3.63) is 0 Å². The van der Waals surface area contributed by atoms with E-state index in [1.54, 1.807) is 132 Å². The highest BCUT2D eigenvalue weighted by Crippen LogP contribution is 2.42. The van der Waals surface area contributed by atoms with Crippen LogP contribution in [0.2, 0.25) is 0 Å². The molecule has 0 bridgehead atoms. The Morgan fingerprint density at radius 2 is 0.772 bits per heavy atom. The number of fused-ring (bicyclic) bond motifs is 1. The average molecular weight is 1450 g/mol. The van der Waals surface area contributed by atoms with Crippen molar-refractivity contribution in [3.8, 4) is 0 Å². The van der Waals surface area contributed by atoms with Gasteiger partial charge in [0.15, 0.2) is 37.2 Å². The van der Waals surface area contributed by atoms with Crippen LogP contribution < -0.4 is 31.9 Å². The molecule has 576 valence electrons. The number of epoxide rings is 1. The van der Waals surface area contributed by atoms with Gasteiger partial charge in [-0.05, 0) is 137 Å². The number of esters is 4. The summed E-state index contributed by atoms with van der Waals surface area (Å²) in [6.07, 6.45) is -28.5. The summed E-state index contributed by atoms with van der Waals surface area (Å²) < 4.78 is 105. The predicted molar refractivity (Wildman–Crippen MR) is 350 cm³/mol. The number of alkyl carbamates (subject to hydrolysis) is 6. The molecule has 101 heavy (non-hydrogen) atoms. The molecule has 0 aromatic heterocycles. The monoisotopic (exact) mass is 1450 g/mol. The first kappa shape index (κ1) is 84.3. The van der Waals surface area contributed by atoms with Crippen molar-refractivity contribution < 1.29 is 133 Å². The van der Waals surface area contributed by atoms with Gasteiger partial charge in [-0.15, -0.1) is 0 Å². The highest BCUT2D eigenvalue weighted by Gasteiger charge is 2.63. The Morgan fingerprint density at radius 3 is 1.23 bits per heavy atom. The SMILES string of the molecule is CCCN(C(C)=O)[C@H]1C[C@H](NC(=O)OC(C)(C)C)[C@@H](O[C@H]2O[C@H](CNC(=O)OC(C)(C)C)[C@@H](OC(C)=O)[C@H](OC(C)=O)[C@H]2NC(=O)OC(C)(C)C)[C@H](O[C@@H]2O[C@H](COC(C)=O)[C@@H](O[C@H]3O[C@@H](CNC(=O)OC(C)(C)C)[C@@H]4O[C@@H]4[C@H]3NC(=O)OC(C)(C)C)[C@H]2OC(C)=O)[C@@H]1NC(=O)OC(C)(C)C. The third kappa shape index (κ3) is 27.4. The van der Waals surface area contributed by atoms with Crippen molar-refractivity contribution in [2.45, 2.75) is 329 Å². The molecule has 4 saturated heterocycles. The maximum Gasteiger partial charge on any atom is 0.408 e. The molecule has 0 radical (unpaired) electrons. The Hall–Kier alpha value is -7.31. The third-order valence-electron chi connectivity index (χ3n) is 14.7. The van der Waals surface area contributed by atoms with Gasteiger partial charge < -0.3 is 117 Å². The molecule has 7 amide bonds. The average Bonchev–Trinajstić information content (AvgIpc) is 1.70. The standard InChI is InChI=1S/C66H109N7O28/c1-25-26-73(31(2)74)37-27-36(69-57(81)98-63(13,14)15)44(93-52-42(71-59(83)100-65(19,20)21)49(87-34(5)77)45(86-33(4)76)38(89-52)28-67-55(79)96-61(7,8)9)48(41(37)70-58(82)99-64(16,17)18)95-54-51(88-35(6)78)47(40(91-54)30-85-32(3)75)94-53-43(72-60(84)101-66(22,23)24)50-46(92-50)39(90-53)29-68-56(80)97-62(10,11)12/h36-54H,25-30H2,1-24H3,(H,67,79)(H,68,80)(H,69,81)(H,70,82)(H,71,83)(H,72,84)/t36-,37-,38+,39-,40+,41+,42+,43+,44+,45+,46-,47+,48+,49+,50+,51+,52+,53+,54-/m0/s1. The molecule has 1 saturated carbocycles. The van der Waals surface area contributed by atoms with Crippen LogP contribution in [0.15, 0.2) is 0 Å². The zero-order valence-electron chi connectivity index (χ0n) is 62.6. The smallest absolute Gasteiger partial charge is 0.408 e. The van der Waals surface area contributed by atoms with Gasteiger partial charge in [-0.1, -0.05) is 6.92 Å². The van der Waals surface area contributed by atoms with Gasteiger partial charge >= 0.3 is 60.4 Å². The first-order valence-corrected chi connectivity index (χ1v) is 33.7. The van der Waals surface area contributed by atoms with Gasteiger partial charge in [-0.3, -0.25) is 24.0 Å². The summed E-state index contributed by atoms with van der Waals surface area (Å²) in [5.41, 5.74) is -6.56. The normalized spacial score (nSPS) is 29.6. The molecule has 5 rings (SSSR count). The Kier molecular flexibility index (Phi) is 28.7. The second kappa shape index (κ2) is 34.3. The van der Waals surface area contributed by atoms with Crippen molar-refractivity contribution in [2.24, 2.45) is 0 Å². The Balaban J connectivity index is 1.86. The fourth-order valence-electron chi connectivity index (χ4n) is 11.5. The Bertz CT molecular complexity index is 2910. The molecule has 5 fully saturated rings. The summed E-state index contributed by atoms with van der Waals surface area (Å²) in [4.78, 5) is 153. The third-order valence-corrected chi connectivity index (χ3v) is 14.7. The molecule has 5 aliphatic rings. The zero-order valence-corrected chi connectivity index (χ0v) is 62.6. The number of nitrogens with one attached hydrogen (secondary N) is 6. The van der Waals surface area contributed by atoms with Crippen LogP contribution in [0.4, 0.5) is 28.8 Å². The largest absolute Gasteiger partial charge is 0.463 e. The number of amides is 7. The summed E-state index contributed by atoms with van der Waals surface area (Å²) in [6.45, 7) is 34.6. The fraction of sp³-hybridized carbons (Fsp3) is 0.833. The second-order valence-corrected chi connectivity index (χ2v) is 31.1. The van der Waals surface area contributed by atoms with E-state index in [0.29, 0.717) is 6.42 Å². The van der Waals surface area contributed by atoms with E-state index in [0.717, 1.165) is 27.7 Å². The summed E-state index contributed by atoms with van der Waals surface area (Å²) in [5, 5.41) is 16.3. The summed E-state index contributed by atoms with van der Waals surface area (Å²) in [6, 6.07) is -7.49. The van der Waals surface area contributed by atoms with Crippen LogP contribution in [0.5, 0.6) is 0 Å². The van der Waals surface area contributed by atoms with E-state index in [-0.39, 0.29) is 19.5 Å². The van der Waals surface area contributed by atoms with Gasteiger partial charge in [-0.2, -0.15) is 0 Å². The first-order chi connectivity index (χ1) is 46.3. The molecule has 35 nitrogen and oxygen atoms in total. The van der Waals surface area contributed by atoms with Crippen LogP contribution in [-0.4, -0.2) is 247 Å². The quantitative estimate of drug-likeness (QED) is 0.0466. The minimum Gasteiger partial charge on any atom is -0.463 e. The molecular formula is C66H109N7O28. The number of hydrogen-bond donors (Lipinski definition) is 6. The number of ether oxygens (including phenoxy) is 17. The van der Waals surface area contributed by atoms with Gasteiger partial charge in [0.1, 0.15) is 101 Å². The molecular weight excluding hydrogens is 1340 g/mol. The second-order valence-electron chi connectivity index (χ2n) is 31.1. The summed E-state index contributed by atoms with van der Waals surface area (Å²) in [7, 11) is 0. The molecule has 4 aliphatic heterocycles. The Morgan fingerprint density at radius 1 is 0.386 bits per heavy atom. The van der Waals surface area contributed by atoms with Gasteiger partial charge in [0.05, 0.1) is 24.7 Å². The van der Waals surface area contributed by atoms with Gasteiger partial charge in [-0.25, -0.2) is 28.8 Å². The van der Waals surface area contributed by atoms with E-state index in [1.165, 1.54) is 11.8 Å². The molecule has 0 aromatic rings. The lowest BCUT2D eigenvalue weighted by molar-refractivity contribution is -0.307. The summed E-state index contributed by atoms with van der Waals surface area (Å²) in [5.74, 6) is -4.30. The number of nitrogens with zero attached hydrogens (tertiary/aromatic N) is 1. The first-order valence-electron chi connectivity index (χ1n) is 33.7. The predicted octanol–water partition coefficient (Wildman–Crippen LogP) is 5.10. The summed E-state index contributed by atoms with van der Waals surface area (Å²) >= 11 is 0. The maximum absolute atomic E-state index is 14.7. The van der Waals surface area contributed by atoms with E-state index in [1.807, 2.05) is 0 Å². The molecule has 0 unspecified atom stereocenters. The van der Waals surface area contributed by atoms with E-state index in [9.17, 15) is 52.7 Å². The minimum atomic E-state index is -2.05. The number of carbonyl (C=O) groups excluding carboxylic acids is 11. The minimum absolute atomic E-state index is 0.00155. The van der Waals surface area contributed by atoms with Crippen molar-refractivity contribution in [3.63, 3.8) is 0 Å². The molecule has 0 spiro atoms. The van der Waals surface area contributed by atoms with Crippen molar-refractivity contribution in [1.29, 1.82) is 0 Å². The lowest BCUT2D eigenvalue weighted by atomic mass is 9.80. The molecule has 0 aromatic carbocycles. The molecule has 35 heteroatoms. The number of rotatable bonds is 22. The molecule has 19 atom stereocenters. The highest BCUT2D eigenvalue weighted by molar-refractivity contribution is 5.75. The van der Waals surface area contributed by atoms with Crippen molar-refractivity contribution >= 4 is 66.3 Å². The van der Waals surface area contributed by atoms with E-state index in [4.69, 9.17) is 80.5 Å². The lowest BCUT2D eigenvalue weighted by Crippen LogP contribution is -2.73. The van der Waals surface area contributed by atoms with Crippen LogP contribution in [0, 0.1) is 0 Å². The van der Waals surface area contributed by atoms with Gasteiger partial charge in [0, 0.05) is 47.7 Å². The topological polar surface area (TPSA) is 423 Å².